The lowest BCUT2D eigenvalue weighted by molar-refractivity contribution is -0.133. The lowest BCUT2D eigenvalue weighted by Crippen LogP contribution is -2.48. The van der Waals surface area contributed by atoms with E-state index in [1.807, 2.05) is 6.92 Å². The van der Waals surface area contributed by atoms with E-state index in [-0.39, 0.29) is 24.5 Å². The normalized spacial score (nSPS) is 33.6. The molecule has 0 heterocycles. The van der Waals surface area contributed by atoms with Crippen LogP contribution < -0.4 is 5.32 Å². The van der Waals surface area contributed by atoms with E-state index < -0.39 is 6.10 Å². The van der Waals surface area contributed by atoms with Crippen LogP contribution in [0.4, 0.5) is 0 Å². The third kappa shape index (κ3) is 3.53. The summed E-state index contributed by atoms with van der Waals surface area (Å²) < 4.78 is 5.60. The number of nitrogens with one attached hydrogen (secondary N) is 1. The number of aliphatic hydroxyl groups excluding tert-OH is 1. The fourth-order valence-corrected chi connectivity index (χ4v) is 3.74. The van der Waals surface area contributed by atoms with Gasteiger partial charge in [-0.1, -0.05) is 13.8 Å². The maximum atomic E-state index is 12.2. The van der Waals surface area contributed by atoms with Crippen LogP contribution in [-0.2, 0) is 9.53 Å². The highest BCUT2D eigenvalue weighted by Gasteiger charge is 2.47. The summed E-state index contributed by atoms with van der Waals surface area (Å²) in [6.45, 7) is 6.93. The van der Waals surface area contributed by atoms with Crippen LogP contribution in [0.15, 0.2) is 0 Å². The molecule has 2 bridgehead atoms. The van der Waals surface area contributed by atoms with E-state index in [9.17, 15) is 9.90 Å². The molecule has 2 aliphatic carbocycles. The van der Waals surface area contributed by atoms with Gasteiger partial charge >= 0.3 is 0 Å². The zero-order chi connectivity index (χ0) is 14.7. The number of ether oxygens (including phenoxy) is 1. The highest BCUT2D eigenvalue weighted by molar-refractivity contribution is 5.80. The monoisotopic (exact) mass is 283 g/mol. The predicted molar refractivity (Wildman–Crippen MR) is 78.2 cm³/mol. The summed E-state index contributed by atoms with van der Waals surface area (Å²) >= 11 is 0. The van der Waals surface area contributed by atoms with Gasteiger partial charge < -0.3 is 15.2 Å². The molecule has 2 rings (SSSR count). The van der Waals surface area contributed by atoms with Crippen LogP contribution in [0.2, 0.25) is 0 Å². The molecule has 0 aliphatic heterocycles. The van der Waals surface area contributed by atoms with Crippen molar-refractivity contribution in [1.82, 2.24) is 5.32 Å². The summed E-state index contributed by atoms with van der Waals surface area (Å²) in [4.78, 5) is 12.2. The number of carbonyl (C=O) groups excluding carboxylic acids is 1. The molecule has 2 aliphatic rings. The molecule has 2 saturated carbocycles. The fraction of sp³-hybridized carbons (Fsp3) is 0.938. The molecule has 4 nitrogen and oxygen atoms in total. The van der Waals surface area contributed by atoms with Crippen molar-refractivity contribution in [2.45, 2.75) is 58.6 Å². The maximum absolute atomic E-state index is 12.2. The number of fused-ring (bicyclic) bond motifs is 2. The van der Waals surface area contributed by atoms with Crippen molar-refractivity contribution in [2.24, 2.45) is 23.7 Å². The van der Waals surface area contributed by atoms with Gasteiger partial charge in [-0.2, -0.15) is 0 Å². The van der Waals surface area contributed by atoms with Crippen LogP contribution in [0, 0.1) is 23.7 Å². The number of amides is 1. The van der Waals surface area contributed by atoms with Crippen molar-refractivity contribution in [1.29, 1.82) is 0 Å². The Morgan fingerprint density at radius 3 is 2.65 bits per heavy atom. The van der Waals surface area contributed by atoms with Gasteiger partial charge in [0.25, 0.3) is 0 Å². The minimum atomic E-state index is -0.396. The van der Waals surface area contributed by atoms with Crippen LogP contribution in [0.3, 0.4) is 0 Å². The van der Waals surface area contributed by atoms with E-state index in [0.717, 1.165) is 6.42 Å². The molecule has 0 spiro atoms. The number of rotatable bonds is 7. The Hall–Kier alpha value is -0.610. The first-order chi connectivity index (χ1) is 9.52. The Morgan fingerprint density at radius 2 is 2.00 bits per heavy atom. The smallest absolute Gasteiger partial charge is 0.249 e. The molecule has 20 heavy (non-hydrogen) atoms. The quantitative estimate of drug-likeness (QED) is 0.751. The Morgan fingerprint density at radius 1 is 1.30 bits per heavy atom. The molecular formula is C16H29NO3. The minimum absolute atomic E-state index is 0.0234. The van der Waals surface area contributed by atoms with E-state index in [0.29, 0.717) is 24.4 Å². The van der Waals surface area contributed by atoms with Gasteiger partial charge in [0.15, 0.2) is 0 Å². The molecular weight excluding hydrogens is 254 g/mol. The SMILES string of the molecule is CC(C)CCOC(C)C(=O)NC1C2CCC(C2)C1CO. The highest BCUT2D eigenvalue weighted by atomic mass is 16.5. The predicted octanol–water partition coefficient (Wildman–Crippen LogP) is 1.96. The van der Waals surface area contributed by atoms with Crippen LogP contribution >= 0.6 is 0 Å². The molecule has 1 amide bonds. The maximum Gasteiger partial charge on any atom is 0.249 e. The Labute approximate surface area is 122 Å². The van der Waals surface area contributed by atoms with Gasteiger partial charge in [0.2, 0.25) is 5.91 Å². The van der Waals surface area contributed by atoms with Crippen molar-refractivity contribution in [3.05, 3.63) is 0 Å². The Bertz CT molecular complexity index is 332. The topological polar surface area (TPSA) is 58.6 Å². The molecule has 0 aromatic carbocycles. The van der Waals surface area contributed by atoms with Gasteiger partial charge in [0, 0.05) is 25.2 Å². The molecule has 0 saturated heterocycles. The Balaban J connectivity index is 1.78. The second kappa shape index (κ2) is 6.90. The average molecular weight is 283 g/mol. The lowest BCUT2D eigenvalue weighted by Gasteiger charge is -2.31. The van der Waals surface area contributed by atoms with Crippen LogP contribution in [0.1, 0.15) is 46.5 Å². The van der Waals surface area contributed by atoms with Crippen molar-refractivity contribution in [3.8, 4) is 0 Å². The summed E-state index contributed by atoms with van der Waals surface area (Å²) in [5.41, 5.74) is 0. The second-order valence-corrected chi connectivity index (χ2v) is 6.91. The summed E-state index contributed by atoms with van der Waals surface area (Å²) in [5, 5.41) is 12.7. The molecule has 2 N–H and O–H groups in total. The van der Waals surface area contributed by atoms with E-state index in [4.69, 9.17) is 4.74 Å². The van der Waals surface area contributed by atoms with Crippen molar-refractivity contribution >= 4 is 5.91 Å². The third-order valence-corrected chi connectivity index (χ3v) is 5.04. The molecule has 5 unspecified atom stereocenters. The summed E-state index contributed by atoms with van der Waals surface area (Å²) in [6, 6.07) is 0.155. The summed E-state index contributed by atoms with van der Waals surface area (Å²) in [7, 11) is 0. The Kier molecular flexibility index (Phi) is 5.44. The average Bonchev–Trinajstić information content (AvgIpc) is 2.98. The molecule has 0 aromatic rings. The van der Waals surface area contributed by atoms with E-state index in [1.165, 1.54) is 19.3 Å². The van der Waals surface area contributed by atoms with Gasteiger partial charge in [-0.05, 0) is 50.4 Å². The third-order valence-electron chi connectivity index (χ3n) is 5.04. The lowest BCUT2D eigenvalue weighted by atomic mass is 9.85. The first-order valence-electron chi connectivity index (χ1n) is 8.05. The first kappa shape index (κ1) is 15.8. The van der Waals surface area contributed by atoms with Gasteiger partial charge in [-0.15, -0.1) is 0 Å². The zero-order valence-electron chi connectivity index (χ0n) is 13.0. The second-order valence-electron chi connectivity index (χ2n) is 6.91. The van der Waals surface area contributed by atoms with E-state index in [1.54, 1.807) is 0 Å². The van der Waals surface area contributed by atoms with E-state index >= 15 is 0 Å². The fourth-order valence-electron chi connectivity index (χ4n) is 3.74. The largest absolute Gasteiger partial charge is 0.396 e. The molecule has 5 atom stereocenters. The minimum Gasteiger partial charge on any atom is -0.396 e. The number of carbonyl (C=O) groups is 1. The van der Waals surface area contributed by atoms with Gasteiger partial charge in [-0.25, -0.2) is 0 Å². The highest BCUT2D eigenvalue weighted by Crippen LogP contribution is 2.48. The number of hydrogen-bond acceptors (Lipinski definition) is 3. The van der Waals surface area contributed by atoms with Crippen molar-refractivity contribution < 1.29 is 14.6 Å². The summed E-state index contributed by atoms with van der Waals surface area (Å²) in [6.07, 6.45) is 4.15. The van der Waals surface area contributed by atoms with Gasteiger partial charge in [0.05, 0.1) is 0 Å². The van der Waals surface area contributed by atoms with Crippen molar-refractivity contribution in [3.63, 3.8) is 0 Å². The molecule has 116 valence electrons. The molecule has 0 aromatic heterocycles. The van der Waals surface area contributed by atoms with Gasteiger partial charge in [0.1, 0.15) is 6.10 Å². The zero-order valence-corrected chi connectivity index (χ0v) is 13.0. The molecule has 4 heteroatoms. The molecule has 2 fully saturated rings. The van der Waals surface area contributed by atoms with Crippen molar-refractivity contribution in [2.75, 3.05) is 13.2 Å². The number of hydrogen-bond donors (Lipinski definition) is 2. The van der Waals surface area contributed by atoms with Crippen LogP contribution in [0.5, 0.6) is 0 Å². The van der Waals surface area contributed by atoms with E-state index in [2.05, 4.69) is 19.2 Å². The summed E-state index contributed by atoms with van der Waals surface area (Å²) in [5.74, 6) is 1.98. The van der Waals surface area contributed by atoms with Gasteiger partial charge in [-0.3, -0.25) is 4.79 Å². The number of aliphatic hydroxyl groups is 1. The standard InChI is InChI=1S/C16H29NO3/c1-10(2)6-7-20-11(3)16(19)17-15-13-5-4-12(8-13)14(15)9-18/h10-15,18H,4-9H2,1-3H3,(H,17,19). The van der Waals surface area contributed by atoms with Crippen LogP contribution in [0.25, 0.3) is 0 Å². The first-order valence-corrected chi connectivity index (χ1v) is 8.05. The molecule has 0 radical (unpaired) electrons. The van der Waals surface area contributed by atoms with Crippen LogP contribution in [-0.4, -0.2) is 36.4 Å².